The van der Waals surface area contributed by atoms with E-state index in [0.29, 0.717) is 17.6 Å². The zero-order valence-corrected chi connectivity index (χ0v) is 33.6. The molecule has 0 aliphatic rings. The standard InChI is InChI=1S/C57H37N5/c1-5-16-38(17-6-1)41-28-30-43(31-29-41)56-58-55(42-22-11-4-12-23-42)59-57(60-56)62-52-35-32-45(40-20-9-3-10-21-40)37-50(52)49-34-33-48-47-26-13-14-27-51(47)61(53(48)54(49)62)46-25-15-24-44(36-46)39-18-7-2-8-19-39/h1-37H. The average Bonchev–Trinajstić information content (AvgIpc) is 3.88. The number of fused-ring (bicyclic) bond motifs is 7. The molecule has 0 bridgehead atoms. The van der Waals surface area contributed by atoms with E-state index in [1.54, 1.807) is 0 Å². The molecular weight excluding hydrogens is 755 g/mol. The van der Waals surface area contributed by atoms with Crippen molar-refractivity contribution in [1.82, 2.24) is 24.1 Å². The van der Waals surface area contributed by atoms with E-state index >= 15 is 0 Å². The van der Waals surface area contributed by atoms with Crippen LogP contribution in [0.5, 0.6) is 0 Å². The molecule has 0 aliphatic heterocycles. The first-order valence-electron chi connectivity index (χ1n) is 20.9. The molecule has 0 amide bonds. The van der Waals surface area contributed by atoms with Gasteiger partial charge in [0.15, 0.2) is 11.6 Å². The van der Waals surface area contributed by atoms with Crippen LogP contribution in [0.4, 0.5) is 0 Å². The van der Waals surface area contributed by atoms with Crippen molar-refractivity contribution < 1.29 is 0 Å². The summed E-state index contributed by atoms with van der Waals surface area (Å²) in [7, 11) is 0. The van der Waals surface area contributed by atoms with Gasteiger partial charge in [0.2, 0.25) is 5.95 Å². The average molecular weight is 792 g/mol. The SMILES string of the molecule is c1ccc(-c2ccc(-c3nc(-c4ccccc4)nc(-n4c5ccc(-c6ccccc6)cc5c5ccc6c7ccccc7n(-c7cccc(-c8ccccc8)c7)c6c54)n3)cc2)cc1. The van der Waals surface area contributed by atoms with Crippen molar-refractivity contribution >= 4 is 43.6 Å². The van der Waals surface area contributed by atoms with Gasteiger partial charge in [-0.15, -0.1) is 0 Å². The Labute approximate surface area is 358 Å². The Hall–Kier alpha value is -8.41. The van der Waals surface area contributed by atoms with E-state index in [1.807, 2.05) is 24.3 Å². The van der Waals surface area contributed by atoms with Crippen LogP contribution in [0.3, 0.4) is 0 Å². The van der Waals surface area contributed by atoms with Crippen molar-refractivity contribution in [1.29, 1.82) is 0 Å². The molecule has 12 rings (SSSR count). The van der Waals surface area contributed by atoms with E-state index < -0.39 is 0 Å². The molecule has 5 nitrogen and oxygen atoms in total. The fourth-order valence-electron chi connectivity index (χ4n) is 9.04. The van der Waals surface area contributed by atoms with Crippen LogP contribution in [-0.2, 0) is 0 Å². The van der Waals surface area contributed by atoms with Crippen LogP contribution in [0.25, 0.3) is 111 Å². The highest BCUT2D eigenvalue weighted by Crippen LogP contribution is 2.43. The predicted molar refractivity (Wildman–Crippen MR) is 256 cm³/mol. The van der Waals surface area contributed by atoms with Gasteiger partial charge in [-0.2, -0.15) is 9.97 Å². The fraction of sp³-hybridized carbons (Fsp3) is 0. The number of rotatable bonds is 7. The third kappa shape index (κ3) is 5.98. The molecule has 12 aromatic rings. The maximum Gasteiger partial charge on any atom is 0.238 e. The minimum absolute atomic E-state index is 0.552. The van der Waals surface area contributed by atoms with Crippen molar-refractivity contribution in [2.45, 2.75) is 0 Å². The van der Waals surface area contributed by atoms with Crippen LogP contribution in [-0.4, -0.2) is 24.1 Å². The molecule has 5 heteroatoms. The van der Waals surface area contributed by atoms with Crippen LogP contribution < -0.4 is 0 Å². The van der Waals surface area contributed by atoms with E-state index in [9.17, 15) is 0 Å². The molecule has 0 aliphatic carbocycles. The summed E-state index contributed by atoms with van der Waals surface area (Å²) in [5, 5.41) is 4.56. The molecule has 0 unspecified atom stereocenters. The molecule has 62 heavy (non-hydrogen) atoms. The summed E-state index contributed by atoms with van der Waals surface area (Å²) < 4.78 is 4.70. The molecule has 0 spiro atoms. The Morgan fingerprint density at radius 1 is 0.258 bits per heavy atom. The van der Waals surface area contributed by atoms with Crippen molar-refractivity contribution in [2.75, 3.05) is 0 Å². The molecule has 0 N–H and O–H groups in total. The Morgan fingerprint density at radius 3 is 1.34 bits per heavy atom. The lowest BCUT2D eigenvalue weighted by Gasteiger charge is -2.14. The van der Waals surface area contributed by atoms with Gasteiger partial charge in [-0.1, -0.05) is 194 Å². The van der Waals surface area contributed by atoms with E-state index in [0.717, 1.165) is 82.9 Å². The predicted octanol–water partition coefficient (Wildman–Crippen LogP) is 14.4. The van der Waals surface area contributed by atoms with Gasteiger partial charge < -0.3 is 4.57 Å². The lowest BCUT2D eigenvalue weighted by Crippen LogP contribution is -2.07. The first kappa shape index (κ1) is 35.5. The van der Waals surface area contributed by atoms with Gasteiger partial charge in [0, 0.05) is 38.4 Å². The van der Waals surface area contributed by atoms with Gasteiger partial charge in [-0.3, -0.25) is 4.57 Å². The summed E-state index contributed by atoms with van der Waals surface area (Å²) in [6, 6.07) is 79.3. The number of para-hydroxylation sites is 1. The summed E-state index contributed by atoms with van der Waals surface area (Å²) in [6.07, 6.45) is 0. The topological polar surface area (TPSA) is 48.5 Å². The molecule has 0 atom stereocenters. The molecule has 0 saturated heterocycles. The molecule has 3 aromatic heterocycles. The van der Waals surface area contributed by atoms with E-state index in [1.165, 1.54) is 10.9 Å². The number of nitrogens with zero attached hydrogens (tertiary/aromatic N) is 5. The summed E-state index contributed by atoms with van der Waals surface area (Å²) in [4.78, 5) is 15.9. The third-order valence-electron chi connectivity index (χ3n) is 12.0. The number of aromatic nitrogens is 5. The highest BCUT2D eigenvalue weighted by molar-refractivity contribution is 6.24. The Balaban J connectivity index is 1.18. The summed E-state index contributed by atoms with van der Waals surface area (Å²) in [5.41, 5.74) is 14.1. The zero-order valence-electron chi connectivity index (χ0n) is 33.6. The van der Waals surface area contributed by atoms with Crippen molar-refractivity contribution in [3.8, 4) is 67.8 Å². The van der Waals surface area contributed by atoms with Gasteiger partial charge in [0.1, 0.15) is 0 Å². The number of hydrogen-bond donors (Lipinski definition) is 0. The minimum atomic E-state index is 0.552. The second-order valence-electron chi connectivity index (χ2n) is 15.7. The first-order chi connectivity index (χ1) is 30.7. The van der Waals surface area contributed by atoms with Crippen LogP contribution in [0.1, 0.15) is 0 Å². The van der Waals surface area contributed by atoms with Gasteiger partial charge in [0.05, 0.1) is 22.1 Å². The zero-order chi connectivity index (χ0) is 41.0. The Bertz CT molecular complexity index is 3590. The molecular formula is C57H37N5. The summed E-state index contributed by atoms with van der Waals surface area (Å²) in [5.74, 6) is 1.76. The van der Waals surface area contributed by atoms with Crippen molar-refractivity contribution in [3.63, 3.8) is 0 Å². The first-order valence-corrected chi connectivity index (χ1v) is 20.9. The fourth-order valence-corrected chi connectivity index (χ4v) is 9.04. The maximum atomic E-state index is 5.40. The summed E-state index contributed by atoms with van der Waals surface area (Å²) in [6.45, 7) is 0. The van der Waals surface area contributed by atoms with E-state index in [-0.39, 0.29) is 0 Å². The lowest BCUT2D eigenvalue weighted by molar-refractivity contribution is 0.953. The van der Waals surface area contributed by atoms with Crippen LogP contribution >= 0.6 is 0 Å². The smallest absolute Gasteiger partial charge is 0.238 e. The Kier molecular flexibility index (Phi) is 8.42. The number of benzene rings is 9. The van der Waals surface area contributed by atoms with Crippen molar-refractivity contribution in [3.05, 3.63) is 224 Å². The third-order valence-corrected chi connectivity index (χ3v) is 12.0. The largest absolute Gasteiger partial charge is 0.307 e. The van der Waals surface area contributed by atoms with Crippen molar-refractivity contribution in [2.24, 2.45) is 0 Å². The molecule has 0 saturated carbocycles. The Morgan fingerprint density at radius 2 is 0.694 bits per heavy atom. The second kappa shape index (κ2) is 14.7. The molecule has 9 aromatic carbocycles. The highest BCUT2D eigenvalue weighted by Gasteiger charge is 2.24. The highest BCUT2D eigenvalue weighted by atomic mass is 15.2. The molecule has 290 valence electrons. The lowest BCUT2D eigenvalue weighted by atomic mass is 10.0. The monoisotopic (exact) mass is 791 g/mol. The molecule has 0 fully saturated rings. The second-order valence-corrected chi connectivity index (χ2v) is 15.7. The summed E-state index contributed by atoms with van der Waals surface area (Å²) >= 11 is 0. The van der Waals surface area contributed by atoms with Gasteiger partial charge in [-0.05, 0) is 63.7 Å². The van der Waals surface area contributed by atoms with E-state index in [4.69, 9.17) is 15.0 Å². The number of hydrogen-bond acceptors (Lipinski definition) is 3. The quantitative estimate of drug-likeness (QED) is 0.162. The van der Waals surface area contributed by atoms with Crippen LogP contribution in [0.15, 0.2) is 224 Å². The molecule has 3 heterocycles. The van der Waals surface area contributed by atoms with Gasteiger partial charge in [0.25, 0.3) is 0 Å². The van der Waals surface area contributed by atoms with Crippen LogP contribution in [0.2, 0.25) is 0 Å². The normalized spacial score (nSPS) is 11.5. The van der Waals surface area contributed by atoms with Gasteiger partial charge >= 0.3 is 0 Å². The molecule has 0 radical (unpaired) electrons. The van der Waals surface area contributed by atoms with E-state index in [2.05, 4.69) is 209 Å². The van der Waals surface area contributed by atoms with Gasteiger partial charge in [-0.25, -0.2) is 4.98 Å². The van der Waals surface area contributed by atoms with Crippen LogP contribution in [0, 0.1) is 0 Å². The minimum Gasteiger partial charge on any atom is -0.307 e. The maximum absolute atomic E-state index is 5.40.